The first kappa shape index (κ1) is 16.2. The lowest BCUT2D eigenvalue weighted by molar-refractivity contribution is 0.180. The van der Waals surface area contributed by atoms with E-state index < -0.39 is 8.56 Å². The molecule has 0 amide bonds. The molecular formula is C16H26O2Si. The Hall–Kier alpha value is -0.903. The quantitative estimate of drug-likeness (QED) is 0.492. The van der Waals surface area contributed by atoms with Gasteiger partial charge >= 0.3 is 8.56 Å². The smallest absolute Gasteiger partial charge is 0.334 e. The van der Waals surface area contributed by atoms with E-state index in [1.807, 2.05) is 13.0 Å². The Morgan fingerprint density at radius 3 is 2.68 bits per heavy atom. The molecule has 106 valence electrons. The van der Waals surface area contributed by atoms with Gasteiger partial charge in [0.25, 0.3) is 0 Å². The van der Waals surface area contributed by atoms with Crippen molar-refractivity contribution in [2.45, 2.75) is 39.3 Å². The molecule has 0 bridgehead atoms. The van der Waals surface area contributed by atoms with E-state index in [1.165, 1.54) is 11.1 Å². The summed E-state index contributed by atoms with van der Waals surface area (Å²) in [5, 5.41) is 0. The number of hydrogen-bond donors (Lipinski definition) is 0. The Kier molecular flexibility index (Phi) is 7.06. The van der Waals surface area contributed by atoms with E-state index in [0.717, 1.165) is 32.1 Å². The van der Waals surface area contributed by atoms with E-state index in [0.29, 0.717) is 0 Å². The van der Waals surface area contributed by atoms with Gasteiger partial charge in [-0.1, -0.05) is 43.8 Å². The number of aryl methyl sites for hydroxylation is 1. The van der Waals surface area contributed by atoms with Gasteiger partial charge in [-0.25, -0.2) is 0 Å². The van der Waals surface area contributed by atoms with Crippen LogP contribution in [0.15, 0.2) is 30.8 Å². The maximum absolute atomic E-state index is 5.99. The molecule has 19 heavy (non-hydrogen) atoms. The third kappa shape index (κ3) is 5.72. The van der Waals surface area contributed by atoms with E-state index in [-0.39, 0.29) is 0 Å². The topological polar surface area (TPSA) is 18.5 Å². The zero-order chi connectivity index (χ0) is 14.1. The molecule has 1 unspecified atom stereocenters. The molecule has 0 aliphatic carbocycles. The minimum atomic E-state index is -1.90. The van der Waals surface area contributed by atoms with Crippen LogP contribution in [0, 0.1) is 0 Å². The first-order valence-corrected chi connectivity index (χ1v) is 9.65. The molecule has 0 saturated heterocycles. The Morgan fingerprint density at radius 1 is 1.26 bits per heavy atom. The van der Waals surface area contributed by atoms with Crippen molar-refractivity contribution in [3.63, 3.8) is 0 Å². The largest absolute Gasteiger partial charge is 0.395 e. The lowest BCUT2D eigenvalue weighted by atomic mass is 10.1. The minimum Gasteiger partial charge on any atom is -0.395 e. The van der Waals surface area contributed by atoms with Crippen LogP contribution in [0.2, 0.25) is 12.6 Å². The molecule has 0 N–H and O–H groups in total. The predicted molar refractivity (Wildman–Crippen MR) is 84.5 cm³/mol. The van der Waals surface area contributed by atoms with Crippen LogP contribution in [0.5, 0.6) is 0 Å². The fraction of sp³-hybridized carbons (Fsp3) is 0.500. The Balaban J connectivity index is 2.35. The van der Waals surface area contributed by atoms with Crippen molar-refractivity contribution in [1.29, 1.82) is 0 Å². The maximum Gasteiger partial charge on any atom is 0.334 e. The molecule has 1 aromatic rings. The highest BCUT2D eigenvalue weighted by atomic mass is 28.4. The van der Waals surface area contributed by atoms with Gasteiger partial charge in [-0.2, -0.15) is 0 Å². The summed E-state index contributed by atoms with van der Waals surface area (Å²) in [4.78, 5) is 0. The molecule has 0 saturated carbocycles. The fourth-order valence-electron chi connectivity index (χ4n) is 1.99. The summed E-state index contributed by atoms with van der Waals surface area (Å²) in [5.41, 5.74) is 2.53. The van der Waals surface area contributed by atoms with Gasteiger partial charge in [-0.3, -0.25) is 0 Å². The molecular weight excluding hydrogens is 252 g/mol. The van der Waals surface area contributed by atoms with Gasteiger partial charge in [-0.15, -0.1) is 0 Å². The van der Waals surface area contributed by atoms with Crippen molar-refractivity contribution in [3.05, 3.63) is 42.0 Å². The summed E-state index contributed by atoms with van der Waals surface area (Å²) >= 11 is 0. The van der Waals surface area contributed by atoms with Crippen LogP contribution in [0.3, 0.4) is 0 Å². The SMILES string of the molecule is C=Cc1cccc(CCCO[Si](C)(CC)OCC)c1. The van der Waals surface area contributed by atoms with Gasteiger partial charge < -0.3 is 8.85 Å². The highest BCUT2D eigenvalue weighted by molar-refractivity contribution is 6.65. The summed E-state index contributed by atoms with van der Waals surface area (Å²) in [5.74, 6) is 0. The second-order valence-electron chi connectivity index (χ2n) is 4.82. The van der Waals surface area contributed by atoms with Crippen molar-refractivity contribution in [2.24, 2.45) is 0 Å². The van der Waals surface area contributed by atoms with Crippen molar-refractivity contribution >= 4 is 14.6 Å². The third-order valence-electron chi connectivity index (χ3n) is 3.30. The Morgan fingerprint density at radius 2 is 2.05 bits per heavy atom. The summed E-state index contributed by atoms with van der Waals surface area (Å²) in [6.07, 6.45) is 3.97. The zero-order valence-electron chi connectivity index (χ0n) is 12.4. The van der Waals surface area contributed by atoms with Gasteiger partial charge in [0.15, 0.2) is 0 Å². The highest BCUT2D eigenvalue weighted by Crippen LogP contribution is 2.14. The van der Waals surface area contributed by atoms with Crippen molar-refractivity contribution in [2.75, 3.05) is 13.2 Å². The van der Waals surface area contributed by atoms with Gasteiger partial charge in [0, 0.05) is 13.2 Å². The van der Waals surface area contributed by atoms with Crippen LogP contribution in [0.25, 0.3) is 6.08 Å². The lowest BCUT2D eigenvalue weighted by Crippen LogP contribution is -2.38. The predicted octanol–water partition coefficient (Wildman–Crippen LogP) is 4.41. The van der Waals surface area contributed by atoms with E-state index >= 15 is 0 Å². The van der Waals surface area contributed by atoms with Crippen LogP contribution >= 0.6 is 0 Å². The number of rotatable bonds is 9. The van der Waals surface area contributed by atoms with Gasteiger partial charge in [-0.05, 0) is 43.5 Å². The Bertz CT molecular complexity index is 392. The summed E-state index contributed by atoms with van der Waals surface area (Å²) in [7, 11) is -1.90. The van der Waals surface area contributed by atoms with Crippen LogP contribution in [0.1, 0.15) is 31.4 Å². The second-order valence-corrected chi connectivity index (χ2v) is 8.37. The molecule has 1 rings (SSSR count). The molecule has 0 spiro atoms. The normalized spacial score (nSPS) is 14.1. The summed E-state index contributed by atoms with van der Waals surface area (Å²) < 4.78 is 11.8. The third-order valence-corrected chi connectivity index (χ3v) is 6.29. The molecule has 0 heterocycles. The zero-order valence-corrected chi connectivity index (χ0v) is 13.4. The second kappa shape index (κ2) is 8.30. The average molecular weight is 278 g/mol. The van der Waals surface area contributed by atoms with E-state index in [2.05, 4.69) is 44.3 Å². The molecule has 3 heteroatoms. The maximum atomic E-state index is 5.99. The highest BCUT2D eigenvalue weighted by Gasteiger charge is 2.28. The first-order valence-electron chi connectivity index (χ1n) is 7.13. The standard InChI is InChI=1S/C16H26O2Si/c1-5-15-10-8-11-16(14-15)12-9-13-18-19(4,7-3)17-6-2/h5,8,10-11,14H,1,6-7,9,12-13H2,2-4H3. The molecule has 0 aliphatic rings. The van der Waals surface area contributed by atoms with Crippen molar-refractivity contribution in [3.8, 4) is 0 Å². The van der Waals surface area contributed by atoms with Crippen molar-refractivity contribution < 1.29 is 8.85 Å². The summed E-state index contributed by atoms with van der Waals surface area (Å²) in [6, 6.07) is 9.51. The molecule has 1 aromatic carbocycles. The molecule has 0 aliphatic heterocycles. The van der Waals surface area contributed by atoms with E-state index in [1.54, 1.807) is 0 Å². The van der Waals surface area contributed by atoms with E-state index in [9.17, 15) is 0 Å². The van der Waals surface area contributed by atoms with E-state index in [4.69, 9.17) is 8.85 Å². The lowest BCUT2D eigenvalue weighted by Gasteiger charge is -2.25. The first-order chi connectivity index (χ1) is 9.13. The van der Waals surface area contributed by atoms with Crippen LogP contribution in [-0.4, -0.2) is 21.8 Å². The van der Waals surface area contributed by atoms with Gasteiger partial charge in [0.2, 0.25) is 0 Å². The molecule has 2 nitrogen and oxygen atoms in total. The number of benzene rings is 1. The minimum absolute atomic E-state index is 0.748. The van der Waals surface area contributed by atoms with Gasteiger partial charge in [0.05, 0.1) is 0 Å². The van der Waals surface area contributed by atoms with Crippen LogP contribution in [0.4, 0.5) is 0 Å². The monoisotopic (exact) mass is 278 g/mol. The van der Waals surface area contributed by atoms with Crippen LogP contribution < -0.4 is 0 Å². The molecule has 0 aromatic heterocycles. The molecule has 1 atom stereocenters. The molecule has 0 fully saturated rings. The van der Waals surface area contributed by atoms with Gasteiger partial charge in [0.1, 0.15) is 0 Å². The summed E-state index contributed by atoms with van der Waals surface area (Å²) in [6.45, 7) is 11.7. The Labute approximate surface area is 118 Å². The fourth-order valence-corrected chi connectivity index (χ4v) is 3.67. The average Bonchev–Trinajstić information content (AvgIpc) is 2.44. The van der Waals surface area contributed by atoms with Crippen molar-refractivity contribution in [1.82, 2.24) is 0 Å². The number of hydrogen-bond acceptors (Lipinski definition) is 2. The van der Waals surface area contributed by atoms with Crippen LogP contribution in [-0.2, 0) is 15.3 Å². The molecule has 0 radical (unpaired) electrons.